The molecule has 0 unspecified atom stereocenters. The number of ketones is 1. The van der Waals surface area contributed by atoms with Crippen molar-refractivity contribution >= 4 is 11.5 Å². The highest BCUT2D eigenvalue weighted by atomic mass is 16.5. The molecule has 2 rings (SSSR count). The van der Waals surface area contributed by atoms with Gasteiger partial charge in [-0.2, -0.15) is 0 Å². The molecular formula is C13H18N2O2. The van der Waals surface area contributed by atoms with Crippen LogP contribution in [0.5, 0.6) is 0 Å². The smallest absolute Gasteiger partial charge is 0.159 e. The van der Waals surface area contributed by atoms with Crippen molar-refractivity contribution in [3.63, 3.8) is 0 Å². The van der Waals surface area contributed by atoms with E-state index in [0.717, 1.165) is 17.8 Å². The zero-order valence-electron chi connectivity index (χ0n) is 10.0. The zero-order chi connectivity index (χ0) is 12.3. The summed E-state index contributed by atoms with van der Waals surface area (Å²) in [6.45, 7) is 4.39. The summed E-state index contributed by atoms with van der Waals surface area (Å²) in [5.74, 6) is 0.0779. The Hall–Kier alpha value is -1.39. The highest BCUT2D eigenvalue weighted by Crippen LogP contribution is 2.26. The quantitative estimate of drug-likeness (QED) is 0.753. The number of hydrogen-bond donors (Lipinski definition) is 2. The number of carbonyl (C=O) groups excluding carboxylic acids is 1. The SMILES string of the molecule is CC(=O)c1cccc(NCC2(CN)COC2)c1. The maximum atomic E-state index is 11.3. The molecule has 1 fully saturated rings. The lowest BCUT2D eigenvalue weighted by Gasteiger charge is -2.40. The molecule has 17 heavy (non-hydrogen) atoms. The molecule has 0 aromatic heterocycles. The molecule has 3 N–H and O–H groups in total. The fourth-order valence-corrected chi connectivity index (χ4v) is 1.82. The Kier molecular flexibility index (Phi) is 3.45. The number of nitrogens with one attached hydrogen (secondary N) is 1. The van der Waals surface area contributed by atoms with Gasteiger partial charge in [0.1, 0.15) is 0 Å². The van der Waals surface area contributed by atoms with Crippen molar-refractivity contribution < 1.29 is 9.53 Å². The van der Waals surface area contributed by atoms with E-state index in [4.69, 9.17) is 10.5 Å². The molecule has 0 atom stereocenters. The molecule has 0 aliphatic carbocycles. The van der Waals surface area contributed by atoms with E-state index in [9.17, 15) is 4.79 Å². The van der Waals surface area contributed by atoms with Gasteiger partial charge in [0.2, 0.25) is 0 Å². The van der Waals surface area contributed by atoms with Gasteiger partial charge in [0.05, 0.1) is 13.2 Å². The Morgan fingerprint density at radius 3 is 2.82 bits per heavy atom. The standard InChI is InChI=1S/C13H18N2O2/c1-10(16)11-3-2-4-12(5-11)15-7-13(6-14)8-17-9-13/h2-5,15H,6-9,14H2,1H3. The van der Waals surface area contributed by atoms with Crippen LogP contribution >= 0.6 is 0 Å². The minimum atomic E-state index is 0.0617. The minimum Gasteiger partial charge on any atom is -0.384 e. The van der Waals surface area contributed by atoms with E-state index in [-0.39, 0.29) is 11.2 Å². The monoisotopic (exact) mass is 234 g/mol. The average molecular weight is 234 g/mol. The van der Waals surface area contributed by atoms with Crippen LogP contribution < -0.4 is 11.1 Å². The molecular weight excluding hydrogens is 216 g/mol. The van der Waals surface area contributed by atoms with Crippen molar-refractivity contribution in [2.45, 2.75) is 6.92 Å². The fraction of sp³-hybridized carbons (Fsp3) is 0.462. The second kappa shape index (κ2) is 4.85. The summed E-state index contributed by atoms with van der Waals surface area (Å²) in [7, 11) is 0. The molecule has 0 bridgehead atoms. The maximum Gasteiger partial charge on any atom is 0.159 e. The van der Waals surface area contributed by atoms with Crippen LogP contribution in [0.25, 0.3) is 0 Å². The topological polar surface area (TPSA) is 64.4 Å². The average Bonchev–Trinajstić information content (AvgIpc) is 2.28. The molecule has 1 aliphatic rings. The van der Waals surface area contributed by atoms with Gasteiger partial charge in [-0.25, -0.2) is 0 Å². The van der Waals surface area contributed by atoms with Gasteiger partial charge < -0.3 is 15.8 Å². The van der Waals surface area contributed by atoms with Gasteiger partial charge in [0, 0.05) is 29.8 Å². The first kappa shape index (κ1) is 12.1. The number of carbonyl (C=O) groups is 1. The summed E-state index contributed by atoms with van der Waals surface area (Å²) in [6.07, 6.45) is 0. The molecule has 0 amide bonds. The molecule has 1 aromatic carbocycles. The largest absolute Gasteiger partial charge is 0.384 e. The predicted molar refractivity (Wildman–Crippen MR) is 67.2 cm³/mol. The van der Waals surface area contributed by atoms with Crippen LogP contribution in [0.15, 0.2) is 24.3 Å². The normalized spacial score (nSPS) is 17.3. The summed E-state index contributed by atoms with van der Waals surface area (Å²) in [6, 6.07) is 7.52. The number of ether oxygens (including phenoxy) is 1. The molecule has 1 aromatic rings. The third kappa shape index (κ3) is 2.65. The van der Waals surface area contributed by atoms with Gasteiger partial charge >= 0.3 is 0 Å². The third-order valence-electron chi connectivity index (χ3n) is 3.19. The van der Waals surface area contributed by atoms with Crippen LogP contribution in [-0.2, 0) is 4.74 Å². The lowest BCUT2D eigenvalue weighted by Crippen LogP contribution is -2.52. The molecule has 0 saturated carbocycles. The number of anilines is 1. The van der Waals surface area contributed by atoms with Gasteiger partial charge in [0.15, 0.2) is 5.78 Å². The van der Waals surface area contributed by atoms with Crippen molar-refractivity contribution in [1.29, 1.82) is 0 Å². The molecule has 92 valence electrons. The van der Waals surface area contributed by atoms with Crippen molar-refractivity contribution in [2.75, 3.05) is 31.6 Å². The zero-order valence-corrected chi connectivity index (χ0v) is 10.0. The minimum absolute atomic E-state index is 0.0617. The fourth-order valence-electron chi connectivity index (χ4n) is 1.82. The summed E-state index contributed by atoms with van der Waals surface area (Å²) >= 11 is 0. The van der Waals surface area contributed by atoms with E-state index in [1.807, 2.05) is 24.3 Å². The highest BCUT2D eigenvalue weighted by Gasteiger charge is 2.36. The van der Waals surface area contributed by atoms with Crippen LogP contribution in [0.2, 0.25) is 0 Å². The molecule has 1 saturated heterocycles. The maximum absolute atomic E-state index is 11.3. The summed E-state index contributed by atoms with van der Waals surface area (Å²) in [4.78, 5) is 11.3. The van der Waals surface area contributed by atoms with Crippen molar-refractivity contribution in [3.8, 4) is 0 Å². The van der Waals surface area contributed by atoms with E-state index in [1.54, 1.807) is 6.92 Å². The number of Topliss-reactive ketones (excluding diaryl/α,β-unsaturated/α-hetero) is 1. The number of rotatable bonds is 5. The first-order chi connectivity index (χ1) is 8.15. The Balaban J connectivity index is 1.99. The molecule has 0 radical (unpaired) electrons. The van der Waals surface area contributed by atoms with Gasteiger partial charge in [-0.1, -0.05) is 12.1 Å². The van der Waals surface area contributed by atoms with Crippen LogP contribution in [0.3, 0.4) is 0 Å². The van der Waals surface area contributed by atoms with E-state index in [2.05, 4.69) is 5.32 Å². The Labute approximate surface area is 101 Å². The van der Waals surface area contributed by atoms with Gasteiger partial charge in [-0.15, -0.1) is 0 Å². The predicted octanol–water partition coefficient (Wildman–Crippen LogP) is 1.28. The van der Waals surface area contributed by atoms with Crippen LogP contribution in [0, 0.1) is 5.41 Å². The Bertz CT molecular complexity index is 408. The van der Waals surface area contributed by atoms with Gasteiger partial charge in [-0.3, -0.25) is 4.79 Å². The Morgan fingerprint density at radius 1 is 1.53 bits per heavy atom. The summed E-state index contributed by atoms with van der Waals surface area (Å²) in [5.41, 5.74) is 7.48. The van der Waals surface area contributed by atoms with Crippen LogP contribution in [-0.4, -0.2) is 32.1 Å². The van der Waals surface area contributed by atoms with Crippen molar-refractivity contribution in [3.05, 3.63) is 29.8 Å². The van der Waals surface area contributed by atoms with Gasteiger partial charge in [-0.05, 0) is 19.1 Å². The molecule has 1 heterocycles. The van der Waals surface area contributed by atoms with E-state index < -0.39 is 0 Å². The lowest BCUT2D eigenvalue weighted by molar-refractivity contribution is -0.0979. The van der Waals surface area contributed by atoms with Crippen molar-refractivity contribution in [1.82, 2.24) is 0 Å². The first-order valence-corrected chi connectivity index (χ1v) is 5.78. The molecule has 0 spiro atoms. The third-order valence-corrected chi connectivity index (χ3v) is 3.19. The highest BCUT2D eigenvalue weighted by molar-refractivity contribution is 5.94. The summed E-state index contributed by atoms with van der Waals surface area (Å²) in [5, 5.41) is 3.32. The second-order valence-corrected chi connectivity index (χ2v) is 4.69. The van der Waals surface area contributed by atoms with E-state index >= 15 is 0 Å². The van der Waals surface area contributed by atoms with E-state index in [0.29, 0.717) is 19.8 Å². The molecule has 1 aliphatic heterocycles. The second-order valence-electron chi connectivity index (χ2n) is 4.69. The first-order valence-electron chi connectivity index (χ1n) is 5.78. The Morgan fingerprint density at radius 2 is 2.29 bits per heavy atom. The molecule has 4 nitrogen and oxygen atoms in total. The van der Waals surface area contributed by atoms with Crippen LogP contribution in [0.1, 0.15) is 17.3 Å². The number of nitrogens with two attached hydrogens (primary N) is 1. The van der Waals surface area contributed by atoms with Crippen LogP contribution in [0.4, 0.5) is 5.69 Å². The molecule has 4 heteroatoms. The van der Waals surface area contributed by atoms with Crippen molar-refractivity contribution in [2.24, 2.45) is 11.1 Å². The number of benzene rings is 1. The number of hydrogen-bond acceptors (Lipinski definition) is 4. The lowest BCUT2D eigenvalue weighted by atomic mass is 9.86. The van der Waals surface area contributed by atoms with E-state index in [1.165, 1.54) is 0 Å². The van der Waals surface area contributed by atoms with Gasteiger partial charge in [0.25, 0.3) is 0 Å². The summed E-state index contributed by atoms with van der Waals surface area (Å²) < 4.78 is 5.21.